The van der Waals surface area contributed by atoms with Crippen molar-refractivity contribution < 1.29 is 13.2 Å². The van der Waals surface area contributed by atoms with Gasteiger partial charge in [0.05, 0.1) is 17.2 Å². The van der Waals surface area contributed by atoms with E-state index in [0.717, 1.165) is 5.56 Å². The zero-order valence-corrected chi connectivity index (χ0v) is 17.6. The molecule has 0 fully saturated rings. The first-order valence-electron chi connectivity index (χ1n) is 9.16. The topological polar surface area (TPSA) is 74.1 Å². The van der Waals surface area contributed by atoms with Crippen molar-refractivity contribution in [1.82, 2.24) is 15.0 Å². The molecule has 0 N–H and O–H groups in total. The molecule has 1 heterocycles. The van der Waals surface area contributed by atoms with Crippen LogP contribution < -0.4 is 4.74 Å². The van der Waals surface area contributed by atoms with E-state index >= 15 is 0 Å². The van der Waals surface area contributed by atoms with E-state index in [1.54, 1.807) is 19.1 Å². The van der Waals surface area contributed by atoms with Crippen LogP contribution in [0.2, 0.25) is 0 Å². The van der Waals surface area contributed by atoms with Crippen molar-refractivity contribution >= 4 is 9.84 Å². The molecule has 0 radical (unpaired) electrons. The molecule has 0 unspecified atom stereocenters. The molecule has 28 heavy (non-hydrogen) atoms. The van der Waals surface area contributed by atoms with E-state index in [-0.39, 0.29) is 15.3 Å². The van der Waals surface area contributed by atoms with Crippen molar-refractivity contribution in [1.29, 1.82) is 0 Å². The molecule has 3 aromatic rings. The van der Waals surface area contributed by atoms with Gasteiger partial charge in [0.1, 0.15) is 11.4 Å². The van der Waals surface area contributed by atoms with Crippen molar-refractivity contribution in [2.45, 2.75) is 50.0 Å². The van der Waals surface area contributed by atoms with Crippen LogP contribution in [-0.2, 0) is 15.3 Å². The number of para-hydroxylation sites is 2. The Hall–Kier alpha value is -2.67. The summed E-state index contributed by atoms with van der Waals surface area (Å²) < 4.78 is 33.4. The van der Waals surface area contributed by atoms with Crippen molar-refractivity contribution in [2.24, 2.45) is 0 Å². The summed E-state index contributed by atoms with van der Waals surface area (Å²) in [5.41, 5.74) is 2.10. The molecule has 6 nitrogen and oxygen atoms in total. The lowest BCUT2D eigenvalue weighted by Crippen LogP contribution is -2.12. The summed E-state index contributed by atoms with van der Waals surface area (Å²) in [6, 6.07) is 14.3. The van der Waals surface area contributed by atoms with E-state index in [1.165, 1.54) is 4.68 Å². The number of benzene rings is 2. The van der Waals surface area contributed by atoms with Crippen molar-refractivity contribution in [3.63, 3.8) is 0 Å². The second-order valence-corrected chi connectivity index (χ2v) is 9.44. The molecule has 148 valence electrons. The van der Waals surface area contributed by atoms with Crippen LogP contribution in [0.15, 0.2) is 58.5 Å². The van der Waals surface area contributed by atoms with Crippen molar-refractivity contribution in [2.75, 3.05) is 6.61 Å². The fourth-order valence-electron chi connectivity index (χ4n) is 2.95. The van der Waals surface area contributed by atoms with E-state index in [0.29, 0.717) is 23.7 Å². The molecule has 0 saturated carbocycles. The normalized spacial score (nSPS) is 12.2. The first-order chi connectivity index (χ1) is 13.2. The van der Waals surface area contributed by atoms with E-state index in [1.807, 2.05) is 43.3 Å². The van der Waals surface area contributed by atoms with Crippen LogP contribution in [0.4, 0.5) is 0 Å². The number of aromatic nitrogens is 3. The van der Waals surface area contributed by atoms with E-state index in [4.69, 9.17) is 4.74 Å². The molecule has 7 heteroatoms. The molecule has 0 aliphatic carbocycles. The van der Waals surface area contributed by atoms with E-state index in [9.17, 15) is 8.42 Å². The van der Waals surface area contributed by atoms with Gasteiger partial charge in [-0.3, -0.25) is 0 Å². The van der Waals surface area contributed by atoms with Gasteiger partial charge in [-0.15, -0.1) is 5.10 Å². The maximum atomic E-state index is 13.1. The average Bonchev–Trinajstić information content (AvgIpc) is 3.04. The highest BCUT2D eigenvalue weighted by Gasteiger charge is 2.27. The van der Waals surface area contributed by atoms with Gasteiger partial charge in [-0.1, -0.05) is 50.3 Å². The van der Waals surface area contributed by atoms with Crippen molar-refractivity contribution in [3.8, 4) is 11.4 Å². The van der Waals surface area contributed by atoms with Crippen LogP contribution in [0.1, 0.15) is 39.0 Å². The Bertz CT molecular complexity index is 1080. The van der Waals surface area contributed by atoms with Crippen LogP contribution in [0.3, 0.4) is 0 Å². The fourth-order valence-corrected chi connectivity index (χ4v) is 4.28. The number of rotatable bonds is 5. The SMILES string of the molecule is CCOc1ccccc1-n1nnc(S(=O)(=O)c2ccc(C(C)(C)C)cc2)c1C. The lowest BCUT2D eigenvalue weighted by Gasteiger charge is -2.19. The van der Waals surface area contributed by atoms with Crippen molar-refractivity contribution in [3.05, 3.63) is 59.8 Å². The van der Waals surface area contributed by atoms with Gasteiger partial charge in [0, 0.05) is 0 Å². The maximum absolute atomic E-state index is 13.1. The molecule has 1 aromatic heterocycles. The average molecular weight is 400 g/mol. The summed E-state index contributed by atoms with van der Waals surface area (Å²) in [6.07, 6.45) is 0. The predicted molar refractivity (Wildman–Crippen MR) is 108 cm³/mol. The fraction of sp³-hybridized carbons (Fsp3) is 0.333. The minimum atomic E-state index is -3.78. The number of nitrogens with zero attached hydrogens (tertiary/aromatic N) is 3. The molecule has 0 aliphatic rings. The Morgan fingerprint density at radius 3 is 2.29 bits per heavy atom. The Balaban J connectivity index is 2.04. The van der Waals surface area contributed by atoms with Gasteiger partial charge in [-0.2, -0.15) is 0 Å². The highest BCUT2D eigenvalue weighted by atomic mass is 32.2. The highest BCUT2D eigenvalue weighted by Crippen LogP contribution is 2.29. The van der Waals surface area contributed by atoms with Gasteiger partial charge >= 0.3 is 0 Å². The number of sulfone groups is 1. The number of ether oxygens (including phenoxy) is 1. The van der Waals surface area contributed by atoms with Crippen LogP contribution in [0.5, 0.6) is 5.75 Å². The third-order valence-corrected chi connectivity index (χ3v) is 6.31. The monoisotopic (exact) mass is 399 g/mol. The zero-order valence-electron chi connectivity index (χ0n) is 16.8. The molecule has 0 spiro atoms. The quantitative estimate of drug-likeness (QED) is 0.646. The molecule has 0 atom stereocenters. The number of hydrogen-bond donors (Lipinski definition) is 0. The molecule has 3 rings (SSSR count). The smallest absolute Gasteiger partial charge is 0.227 e. The van der Waals surface area contributed by atoms with Gasteiger partial charge in [0.2, 0.25) is 14.9 Å². The lowest BCUT2D eigenvalue weighted by molar-refractivity contribution is 0.338. The molecular weight excluding hydrogens is 374 g/mol. The molecule has 0 saturated heterocycles. The summed E-state index contributed by atoms with van der Waals surface area (Å²) in [5.74, 6) is 0.622. The van der Waals surface area contributed by atoms with Crippen LogP contribution in [-0.4, -0.2) is 30.0 Å². The van der Waals surface area contributed by atoms with Gasteiger partial charge in [0.25, 0.3) is 0 Å². The maximum Gasteiger partial charge on any atom is 0.227 e. The Morgan fingerprint density at radius 1 is 1.04 bits per heavy atom. The first kappa shape index (κ1) is 20.1. The third kappa shape index (κ3) is 3.67. The standard InChI is InChI=1S/C21H25N3O3S/c1-6-27-19-10-8-7-9-18(19)24-15(2)20(22-23-24)28(25,26)17-13-11-16(12-14-17)21(3,4)5/h7-14H,6H2,1-5H3. The first-order valence-corrected chi connectivity index (χ1v) is 10.6. The Labute approximate surface area is 166 Å². The molecule has 0 amide bonds. The number of hydrogen-bond acceptors (Lipinski definition) is 5. The summed E-state index contributed by atoms with van der Waals surface area (Å²) in [4.78, 5) is 0.203. The largest absolute Gasteiger partial charge is 0.492 e. The zero-order chi connectivity index (χ0) is 20.5. The van der Waals surface area contributed by atoms with E-state index in [2.05, 4.69) is 31.1 Å². The van der Waals surface area contributed by atoms with Crippen LogP contribution in [0, 0.1) is 6.92 Å². The van der Waals surface area contributed by atoms with Gasteiger partial charge in [0.15, 0.2) is 0 Å². The van der Waals surface area contributed by atoms with E-state index < -0.39 is 9.84 Å². The van der Waals surface area contributed by atoms with Gasteiger partial charge in [-0.05, 0) is 49.1 Å². The second-order valence-electron chi connectivity index (χ2n) is 7.57. The van der Waals surface area contributed by atoms with Gasteiger partial charge < -0.3 is 4.74 Å². The second kappa shape index (κ2) is 7.39. The minimum absolute atomic E-state index is 0.0513. The lowest BCUT2D eigenvalue weighted by atomic mass is 9.87. The molecule has 0 bridgehead atoms. The third-order valence-electron chi connectivity index (χ3n) is 4.53. The highest BCUT2D eigenvalue weighted by molar-refractivity contribution is 7.91. The Kier molecular flexibility index (Phi) is 5.30. The van der Waals surface area contributed by atoms with Crippen LogP contribution >= 0.6 is 0 Å². The summed E-state index contributed by atoms with van der Waals surface area (Å²) in [5, 5.41) is 8.01. The van der Waals surface area contributed by atoms with Crippen LogP contribution in [0.25, 0.3) is 5.69 Å². The minimum Gasteiger partial charge on any atom is -0.492 e. The summed E-state index contributed by atoms with van der Waals surface area (Å²) in [6.45, 7) is 10.3. The summed E-state index contributed by atoms with van der Waals surface area (Å²) >= 11 is 0. The Morgan fingerprint density at radius 2 is 1.68 bits per heavy atom. The van der Waals surface area contributed by atoms with Gasteiger partial charge in [-0.25, -0.2) is 13.1 Å². The predicted octanol–water partition coefficient (Wildman–Crippen LogP) is 4.10. The molecule has 2 aromatic carbocycles. The molecule has 0 aliphatic heterocycles. The molecular formula is C21H25N3O3S. The summed E-state index contributed by atoms with van der Waals surface area (Å²) in [7, 11) is -3.78.